The summed E-state index contributed by atoms with van der Waals surface area (Å²) in [6, 6.07) is 14.0. The maximum atomic E-state index is 12.7. The predicted octanol–water partition coefficient (Wildman–Crippen LogP) is 3.31. The number of hydrogen-bond donors (Lipinski definition) is 3. The lowest BCUT2D eigenvalue weighted by atomic mass is 10.1. The zero-order chi connectivity index (χ0) is 22.7. The zero-order valence-corrected chi connectivity index (χ0v) is 18.1. The second-order valence-electron chi connectivity index (χ2n) is 6.86. The van der Waals surface area contributed by atoms with Gasteiger partial charge in [0.15, 0.2) is 0 Å². The molecule has 1 amide bonds. The molecule has 0 atom stereocenters. The molecule has 2 aromatic carbocycles. The van der Waals surface area contributed by atoms with Gasteiger partial charge in [-0.15, -0.1) is 0 Å². The number of aromatic nitrogens is 2. The van der Waals surface area contributed by atoms with Gasteiger partial charge in [0.2, 0.25) is 15.5 Å². The molecule has 3 N–H and O–H groups in total. The zero-order valence-electron chi connectivity index (χ0n) is 16.5. The van der Waals surface area contributed by atoms with Crippen LogP contribution in [0.2, 0.25) is 5.02 Å². The van der Waals surface area contributed by atoms with E-state index in [0.717, 1.165) is 5.56 Å². The van der Waals surface area contributed by atoms with E-state index < -0.39 is 21.4 Å². The number of amides is 1. The van der Waals surface area contributed by atoms with Crippen molar-refractivity contribution in [3.8, 4) is 0 Å². The highest BCUT2D eigenvalue weighted by Gasteiger charge is 2.16. The molecule has 162 valence electrons. The van der Waals surface area contributed by atoms with Gasteiger partial charge in [0.25, 0.3) is 5.91 Å². The summed E-state index contributed by atoms with van der Waals surface area (Å²) >= 11 is 6.07. The number of nitrogens with zero attached hydrogens (tertiary/aromatic N) is 1. The molecule has 32 heavy (non-hydrogen) atoms. The van der Waals surface area contributed by atoms with Gasteiger partial charge in [0.1, 0.15) is 5.56 Å². The lowest BCUT2D eigenvalue weighted by molar-refractivity contribution is 0.102. The van der Waals surface area contributed by atoms with Crippen molar-refractivity contribution in [1.82, 2.24) is 14.7 Å². The largest absolute Gasteiger partial charge is 0.359 e. The highest BCUT2D eigenvalue weighted by atomic mass is 35.5. The number of nitrogens with one attached hydrogen (secondary N) is 3. The van der Waals surface area contributed by atoms with Crippen LogP contribution in [-0.4, -0.2) is 24.3 Å². The minimum atomic E-state index is -3.75. The number of carbonyl (C=O) groups excluding carboxylic acids is 1. The molecule has 0 unspecified atom stereocenters. The fraction of sp³-hybridized carbons (Fsp3) is 0.0455. The first-order valence-corrected chi connectivity index (χ1v) is 11.3. The Hall–Kier alpha value is -3.53. The average Bonchev–Trinajstić information content (AvgIpc) is 2.79. The summed E-state index contributed by atoms with van der Waals surface area (Å²) in [6.45, 7) is 0.101. The van der Waals surface area contributed by atoms with Gasteiger partial charge in [-0.2, -0.15) is 0 Å². The Morgan fingerprint density at radius 2 is 1.84 bits per heavy atom. The Morgan fingerprint density at radius 1 is 1.06 bits per heavy atom. The van der Waals surface area contributed by atoms with Crippen LogP contribution in [0.3, 0.4) is 0 Å². The molecule has 0 bridgehead atoms. The number of pyridine rings is 2. The third kappa shape index (κ3) is 4.54. The Balaban J connectivity index is 1.49. The predicted molar refractivity (Wildman–Crippen MR) is 122 cm³/mol. The van der Waals surface area contributed by atoms with E-state index in [4.69, 9.17) is 11.6 Å². The number of aromatic amines is 1. The maximum absolute atomic E-state index is 12.7. The number of halogens is 1. The van der Waals surface area contributed by atoms with Crippen LogP contribution in [0.5, 0.6) is 0 Å². The number of rotatable bonds is 6. The highest BCUT2D eigenvalue weighted by molar-refractivity contribution is 7.89. The van der Waals surface area contributed by atoms with Crippen LogP contribution in [0, 0.1) is 0 Å². The lowest BCUT2D eigenvalue weighted by Gasteiger charge is -2.09. The van der Waals surface area contributed by atoms with E-state index in [1.165, 1.54) is 30.5 Å². The fourth-order valence-corrected chi connectivity index (χ4v) is 4.31. The van der Waals surface area contributed by atoms with Crippen LogP contribution < -0.4 is 15.5 Å². The molecule has 0 saturated carbocycles. The van der Waals surface area contributed by atoms with Crippen molar-refractivity contribution in [2.75, 3.05) is 5.32 Å². The van der Waals surface area contributed by atoms with Gasteiger partial charge in [0.05, 0.1) is 15.4 Å². The number of sulfonamides is 1. The molecule has 0 radical (unpaired) electrons. The van der Waals surface area contributed by atoms with Gasteiger partial charge < -0.3 is 10.3 Å². The van der Waals surface area contributed by atoms with Gasteiger partial charge in [-0.25, -0.2) is 13.1 Å². The molecular weight excluding hydrogens is 452 g/mol. The van der Waals surface area contributed by atoms with Gasteiger partial charge in [-0.3, -0.25) is 14.6 Å². The molecule has 2 heterocycles. The van der Waals surface area contributed by atoms with Crippen molar-refractivity contribution in [3.05, 3.63) is 99.6 Å². The molecular formula is C22H17ClN4O4S. The minimum absolute atomic E-state index is 0.0394. The number of benzene rings is 2. The number of fused-ring (bicyclic) bond motifs is 1. The standard InChI is InChI=1S/C22H17ClN4O4S/c23-19-5-1-4-17-20(19)25-13-18(21(17)28)22(29)27-15-6-8-16(9-7-15)32(30,31)26-12-14-3-2-10-24-11-14/h1-11,13,26H,12H2,(H,25,28)(H,27,29). The molecule has 0 spiro atoms. The second-order valence-corrected chi connectivity index (χ2v) is 9.03. The summed E-state index contributed by atoms with van der Waals surface area (Å²) in [5, 5.41) is 3.27. The maximum Gasteiger partial charge on any atom is 0.261 e. The number of anilines is 1. The van der Waals surface area contributed by atoms with Crippen molar-refractivity contribution >= 4 is 44.1 Å². The molecule has 0 aliphatic carbocycles. The number of para-hydroxylation sites is 1. The Morgan fingerprint density at radius 3 is 2.56 bits per heavy atom. The molecule has 2 aromatic heterocycles. The summed E-state index contributed by atoms with van der Waals surface area (Å²) in [6.07, 6.45) is 4.47. The van der Waals surface area contributed by atoms with Crippen LogP contribution in [0.15, 0.2) is 82.9 Å². The van der Waals surface area contributed by atoms with Crippen LogP contribution in [0.4, 0.5) is 5.69 Å². The molecule has 0 fully saturated rings. The van der Waals surface area contributed by atoms with Crippen LogP contribution in [0.25, 0.3) is 10.9 Å². The first kappa shape index (κ1) is 21.7. The van der Waals surface area contributed by atoms with E-state index in [9.17, 15) is 18.0 Å². The summed E-state index contributed by atoms with van der Waals surface area (Å²) in [7, 11) is -3.75. The van der Waals surface area contributed by atoms with Crippen molar-refractivity contribution in [2.45, 2.75) is 11.4 Å². The quantitative estimate of drug-likeness (QED) is 0.401. The third-order valence-electron chi connectivity index (χ3n) is 4.72. The van der Waals surface area contributed by atoms with E-state index in [0.29, 0.717) is 21.6 Å². The lowest BCUT2D eigenvalue weighted by Crippen LogP contribution is -2.23. The summed E-state index contributed by atoms with van der Waals surface area (Å²) in [5.74, 6) is -0.626. The number of carbonyl (C=O) groups is 1. The van der Waals surface area contributed by atoms with E-state index in [1.54, 1.807) is 42.7 Å². The normalized spacial score (nSPS) is 11.4. The van der Waals surface area contributed by atoms with Crippen LogP contribution >= 0.6 is 11.6 Å². The van der Waals surface area contributed by atoms with Crippen molar-refractivity contribution in [2.24, 2.45) is 0 Å². The minimum Gasteiger partial charge on any atom is -0.359 e. The summed E-state index contributed by atoms with van der Waals surface area (Å²) in [5.41, 5.74) is 0.963. The van der Waals surface area contributed by atoms with Gasteiger partial charge in [-0.1, -0.05) is 23.7 Å². The first-order chi connectivity index (χ1) is 15.3. The van der Waals surface area contributed by atoms with Gasteiger partial charge in [0, 0.05) is 36.2 Å². The van der Waals surface area contributed by atoms with E-state index >= 15 is 0 Å². The van der Waals surface area contributed by atoms with Crippen molar-refractivity contribution in [1.29, 1.82) is 0 Å². The molecule has 4 aromatic rings. The van der Waals surface area contributed by atoms with E-state index in [-0.39, 0.29) is 17.0 Å². The van der Waals surface area contributed by atoms with Crippen molar-refractivity contribution < 1.29 is 13.2 Å². The average molecular weight is 469 g/mol. The van der Waals surface area contributed by atoms with Gasteiger partial charge in [-0.05, 0) is 48.0 Å². The molecule has 0 saturated heterocycles. The molecule has 8 nitrogen and oxygen atoms in total. The van der Waals surface area contributed by atoms with E-state index in [2.05, 4.69) is 20.0 Å². The Labute approximate surface area is 188 Å². The molecule has 4 rings (SSSR count). The summed E-state index contributed by atoms with van der Waals surface area (Å²) < 4.78 is 27.5. The highest BCUT2D eigenvalue weighted by Crippen LogP contribution is 2.19. The topological polar surface area (TPSA) is 121 Å². The smallest absolute Gasteiger partial charge is 0.261 e. The number of hydrogen-bond acceptors (Lipinski definition) is 5. The molecule has 0 aliphatic heterocycles. The molecule has 10 heteroatoms. The number of H-pyrrole nitrogens is 1. The van der Waals surface area contributed by atoms with Crippen LogP contribution in [-0.2, 0) is 16.6 Å². The SMILES string of the molecule is O=C(Nc1ccc(S(=O)(=O)NCc2cccnc2)cc1)c1c[nH]c2c(Cl)cccc2c1=O. The Bertz CT molecular complexity index is 1450. The Kier molecular flexibility index (Phi) is 6.04. The monoisotopic (exact) mass is 468 g/mol. The first-order valence-electron chi connectivity index (χ1n) is 9.45. The van der Waals surface area contributed by atoms with Crippen LogP contribution in [0.1, 0.15) is 15.9 Å². The van der Waals surface area contributed by atoms with Crippen molar-refractivity contribution in [3.63, 3.8) is 0 Å². The summed E-state index contributed by atoms with van der Waals surface area (Å²) in [4.78, 5) is 32.1. The third-order valence-corrected chi connectivity index (χ3v) is 6.45. The van der Waals surface area contributed by atoms with Gasteiger partial charge >= 0.3 is 0 Å². The van der Waals surface area contributed by atoms with E-state index in [1.807, 2.05) is 0 Å². The second kappa shape index (κ2) is 8.91. The fourth-order valence-electron chi connectivity index (χ4n) is 3.06. The molecule has 0 aliphatic rings.